The molecule has 1 aromatic carbocycles. The predicted octanol–water partition coefficient (Wildman–Crippen LogP) is 1.19. The summed E-state index contributed by atoms with van der Waals surface area (Å²) in [5, 5.41) is 12.0. The number of aromatic hydroxyl groups is 1. The van der Waals surface area contributed by atoms with Gasteiger partial charge in [0.15, 0.2) is 0 Å². The second-order valence-electron chi connectivity index (χ2n) is 4.82. The van der Waals surface area contributed by atoms with Crippen LogP contribution in [0.5, 0.6) is 5.75 Å². The van der Waals surface area contributed by atoms with E-state index >= 15 is 0 Å². The number of carbonyl (C=O) groups is 1. The number of phenols is 1. The fourth-order valence-electron chi connectivity index (χ4n) is 1.87. The van der Waals surface area contributed by atoms with E-state index in [2.05, 4.69) is 5.32 Å². The van der Waals surface area contributed by atoms with Gasteiger partial charge in [-0.3, -0.25) is 4.79 Å². The summed E-state index contributed by atoms with van der Waals surface area (Å²) < 4.78 is 4.96. The third kappa shape index (κ3) is 6.54. The van der Waals surface area contributed by atoms with Crippen LogP contribution in [0.25, 0.3) is 0 Å². The summed E-state index contributed by atoms with van der Waals surface area (Å²) in [5.41, 5.74) is 6.79. The van der Waals surface area contributed by atoms with Gasteiger partial charge in [0.1, 0.15) is 5.75 Å². The minimum absolute atomic E-state index is 0.134. The van der Waals surface area contributed by atoms with Gasteiger partial charge in [-0.25, -0.2) is 0 Å². The van der Waals surface area contributed by atoms with Gasteiger partial charge < -0.3 is 20.9 Å². The van der Waals surface area contributed by atoms with Crippen molar-refractivity contribution in [2.24, 2.45) is 5.73 Å². The fraction of sp³-hybridized carbons (Fsp3) is 0.533. The second-order valence-corrected chi connectivity index (χ2v) is 4.82. The van der Waals surface area contributed by atoms with Crippen molar-refractivity contribution in [3.05, 3.63) is 29.8 Å². The largest absolute Gasteiger partial charge is 0.508 e. The number of hydrogen-bond acceptors (Lipinski definition) is 4. The van der Waals surface area contributed by atoms with Gasteiger partial charge in [0.25, 0.3) is 0 Å². The standard InChI is InChI=1S/C15H24N2O3/c1-20-10-4-2-3-9-17-15(19)14(16)11-12-5-7-13(18)8-6-12/h5-8,14,18H,2-4,9-11,16H2,1H3,(H,17,19)/t14-/m1/s1. The van der Waals surface area contributed by atoms with Gasteiger partial charge in [-0.1, -0.05) is 12.1 Å². The molecule has 5 nitrogen and oxygen atoms in total. The summed E-state index contributed by atoms with van der Waals surface area (Å²) in [6, 6.07) is 6.17. The number of rotatable bonds is 9. The maximum atomic E-state index is 11.8. The molecule has 0 aliphatic carbocycles. The molecule has 1 aromatic rings. The van der Waals surface area contributed by atoms with Crippen LogP contribution in [0.1, 0.15) is 24.8 Å². The highest BCUT2D eigenvalue weighted by Crippen LogP contribution is 2.10. The van der Waals surface area contributed by atoms with Crippen molar-refractivity contribution in [2.75, 3.05) is 20.3 Å². The van der Waals surface area contributed by atoms with Crippen molar-refractivity contribution in [1.29, 1.82) is 0 Å². The Morgan fingerprint density at radius 1 is 1.30 bits per heavy atom. The number of nitrogens with two attached hydrogens (primary N) is 1. The molecule has 5 heteroatoms. The van der Waals surface area contributed by atoms with E-state index in [0.717, 1.165) is 31.4 Å². The lowest BCUT2D eigenvalue weighted by Gasteiger charge is -2.12. The highest BCUT2D eigenvalue weighted by atomic mass is 16.5. The fourth-order valence-corrected chi connectivity index (χ4v) is 1.87. The molecule has 0 radical (unpaired) electrons. The molecule has 0 saturated carbocycles. The molecule has 1 amide bonds. The van der Waals surface area contributed by atoms with Crippen molar-refractivity contribution < 1.29 is 14.6 Å². The molecule has 1 atom stereocenters. The van der Waals surface area contributed by atoms with Gasteiger partial charge in [-0.2, -0.15) is 0 Å². The monoisotopic (exact) mass is 280 g/mol. The van der Waals surface area contributed by atoms with Gasteiger partial charge in [0.05, 0.1) is 6.04 Å². The normalized spacial score (nSPS) is 12.1. The lowest BCUT2D eigenvalue weighted by atomic mass is 10.1. The summed E-state index contributed by atoms with van der Waals surface area (Å²) in [6.45, 7) is 1.40. The zero-order chi connectivity index (χ0) is 14.8. The van der Waals surface area contributed by atoms with E-state index in [-0.39, 0.29) is 11.7 Å². The van der Waals surface area contributed by atoms with E-state index in [1.165, 1.54) is 0 Å². The number of nitrogens with one attached hydrogen (secondary N) is 1. The maximum absolute atomic E-state index is 11.8. The quantitative estimate of drug-likeness (QED) is 0.593. The third-order valence-electron chi connectivity index (χ3n) is 3.05. The summed E-state index contributed by atoms with van der Waals surface area (Å²) in [4.78, 5) is 11.8. The molecule has 0 aromatic heterocycles. The molecule has 4 N–H and O–H groups in total. The molecule has 0 heterocycles. The van der Waals surface area contributed by atoms with Crippen molar-refractivity contribution in [3.63, 3.8) is 0 Å². The first kappa shape index (κ1) is 16.5. The van der Waals surface area contributed by atoms with Crippen molar-refractivity contribution in [3.8, 4) is 5.75 Å². The number of methoxy groups -OCH3 is 1. The zero-order valence-corrected chi connectivity index (χ0v) is 12.0. The Hall–Kier alpha value is -1.59. The Morgan fingerprint density at radius 2 is 2.00 bits per heavy atom. The molecule has 0 aliphatic heterocycles. The van der Waals surface area contributed by atoms with Gasteiger partial charge in [-0.15, -0.1) is 0 Å². The van der Waals surface area contributed by atoms with Crippen LogP contribution in [0.15, 0.2) is 24.3 Å². The molecule has 0 fully saturated rings. The highest BCUT2D eigenvalue weighted by molar-refractivity contribution is 5.81. The molecular weight excluding hydrogens is 256 g/mol. The first-order valence-electron chi connectivity index (χ1n) is 6.93. The molecule has 1 rings (SSSR count). The van der Waals surface area contributed by atoms with Crippen LogP contribution in [-0.2, 0) is 16.0 Å². The second kappa shape index (κ2) is 9.34. The number of phenolic OH excluding ortho intramolecular Hbond substituents is 1. The Labute approximate surface area is 120 Å². The smallest absolute Gasteiger partial charge is 0.237 e. The van der Waals surface area contributed by atoms with E-state index < -0.39 is 6.04 Å². The van der Waals surface area contributed by atoms with Crippen molar-refractivity contribution in [1.82, 2.24) is 5.32 Å². The average Bonchev–Trinajstić information content (AvgIpc) is 2.45. The van der Waals surface area contributed by atoms with Crippen LogP contribution in [0.2, 0.25) is 0 Å². The molecule has 0 spiro atoms. The topological polar surface area (TPSA) is 84.6 Å². The third-order valence-corrected chi connectivity index (χ3v) is 3.05. The predicted molar refractivity (Wildman–Crippen MR) is 78.5 cm³/mol. The maximum Gasteiger partial charge on any atom is 0.237 e. The van der Waals surface area contributed by atoms with Gasteiger partial charge in [-0.05, 0) is 43.4 Å². The zero-order valence-electron chi connectivity index (χ0n) is 12.0. The summed E-state index contributed by atoms with van der Waals surface area (Å²) in [7, 11) is 1.68. The Kier molecular flexibility index (Phi) is 7.69. The van der Waals surface area contributed by atoms with Crippen LogP contribution in [-0.4, -0.2) is 37.3 Å². The van der Waals surface area contributed by atoms with E-state index in [9.17, 15) is 9.90 Å². The number of ether oxygens (including phenoxy) is 1. The summed E-state index contributed by atoms with van der Waals surface area (Å²) in [6.07, 6.45) is 3.43. The van der Waals surface area contributed by atoms with Crippen molar-refractivity contribution >= 4 is 5.91 Å². The van der Waals surface area contributed by atoms with Crippen LogP contribution in [0.4, 0.5) is 0 Å². The Morgan fingerprint density at radius 3 is 2.65 bits per heavy atom. The molecule has 112 valence electrons. The van der Waals surface area contributed by atoms with Crippen LogP contribution >= 0.6 is 0 Å². The molecule has 0 bridgehead atoms. The molecule has 20 heavy (non-hydrogen) atoms. The number of amides is 1. The summed E-state index contributed by atoms with van der Waals surface area (Å²) >= 11 is 0. The summed E-state index contributed by atoms with van der Waals surface area (Å²) in [5.74, 6) is 0.0765. The minimum Gasteiger partial charge on any atom is -0.508 e. The van der Waals surface area contributed by atoms with E-state index in [0.29, 0.717) is 13.0 Å². The van der Waals surface area contributed by atoms with E-state index in [1.54, 1.807) is 31.4 Å². The van der Waals surface area contributed by atoms with E-state index in [1.807, 2.05) is 0 Å². The van der Waals surface area contributed by atoms with Crippen LogP contribution < -0.4 is 11.1 Å². The lowest BCUT2D eigenvalue weighted by Crippen LogP contribution is -2.42. The molecule has 0 aliphatic rings. The number of carbonyl (C=O) groups excluding carboxylic acids is 1. The molecular formula is C15H24N2O3. The van der Waals surface area contributed by atoms with Crippen molar-refractivity contribution in [2.45, 2.75) is 31.7 Å². The van der Waals surface area contributed by atoms with Crippen LogP contribution in [0.3, 0.4) is 0 Å². The first-order valence-corrected chi connectivity index (χ1v) is 6.93. The minimum atomic E-state index is -0.557. The number of hydrogen-bond donors (Lipinski definition) is 3. The Balaban J connectivity index is 2.20. The van der Waals surface area contributed by atoms with Crippen LogP contribution in [0, 0.1) is 0 Å². The molecule has 0 unspecified atom stereocenters. The SMILES string of the molecule is COCCCCCNC(=O)[C@H](N)Cc1ccc(O)cc1. The highest BCUT2D eigenvalue weighted by Gasteiger charge is 2.13. The number of unbranched alkanes of at least 4 members (excludes halogenated alkanes) is 2. The lowest BCUT2D eigenvalue weighted by molar-refractivity contribution is -0.122. The Bertz CT molecular complexity index is 393. The molecule has 0 saturated heterocycles. The van der Waals surface area contributed by atoms with Gasteiger partial charge >= 0.3 is 0 Å². The average molecular weight is 280 g/mol. The van der Waals surface area contributed by atoms with Gasteiger partial charge in [0.2, 0.25) is 5.91 Å². The van der Waals surface area contributed by atoms with E-state index in [4.69, 9.17) is 10.5 Å². The van der Waals surface area contributed by atoms with Gasteiger partial charge in [0, 0.05) is 20.3 Å². The first-order chi connectivity index (χ1) is 9.63. The number of benzene rings is 1.